The summed E-state index contributed by atoms with van der Waals surface area (Å²) >= 11 is 0. The second-order valence-electron chi connectivity index (χ2n) is 9.07. The van der Waals surface area contributed by atoms with Crippen LogP contribution in [0.1, 0.15) is 52.4 Å². The van der Waals surface area contributed by atoms with Gasteiger partial charge in [0, 0.05) is 34.8 Å². The molecule has 1 aliphatic rings. The van der Waals surface area contributed by atoms with Crippen molar-refractivity contribution in [2.75, 3.05) is 5.32 Å². The number of aryl methyl sites for hydroxylation is 2. The first kappa shape index (κ1) is 21.9. The summed E-state index contributed by atoms with van der Waals surface area (Å²) in [6, 6.07) is 4.03. The third kappa shape index (κ3) is 4.37. The van der Waals surface area contributed by atoms with E-state index in [2.05, 4.69) is 30.7 Å². The lowest BCUT2D eigenvalue weighted by molar-refractivity contribution is 0.460. The van der Waals surface area contributed by atoms with Crippen LogP contribution in [0.4, 0.5) is 5.95 Å². The Kier molecular flexibility index (Phi) is 6.71. The summed E-state index contributed by atoms with van der Waals surface area (Å²) in [6.07, 6.45) is 6.89. The van der Waals surface area contributed by atoms with Crippen molar-refractivity contribution >= 4 is 25.2 Å². The highest BCUT2D eigenvalue weighted by molar-refractivity contribution is 6.78. The van der Waals surface area contributed by atoms with Gasteiger partial charge in [0.1, 0.15) is 0 Å². The molecule has 0 aromatic carbocycles. The van der Waals surface area contributed by atoms with Crippen molar-refractivity contribution in [1.82, 2.24) is 18.7 Å². The van der Waals surface area contributed by atoms with E-state index in [1.54, 1.807) is 7.05 Å². The first-order chi connectivity index (χ1) is 13.8. The standard InChI is InChI=1S/C21H37N5O2Si/c1-6-29(5,7-2)15-11-14-26-19(27)17-18(25(4)21(26)28)23-20(24(17)3)22-16-12-9-8-10-13-16/h16H,6-15H2,1-5H3,(H,22,23). The van der Waals surface area contributed by atoms with Gasteiger partial charge >= 0.3 is 5.69 Å². The maximum absolute atomic E-state index is 13.2. The van der Waals surface area contributed by atoms with Crippen molar-refractivity contribution in [1.29, 1.82) is 0 Å². The Labute approximate surface area is 174 Å². The Hall–Kier alpha value is -1.83. The molecule has 0 saturated heterocycles. The van der Waals surface area contributed by atoms with Gasteiger partial charge in [-0.05, 0) is 19.3 Å². The molecule has 0 spiro atoms. The van der Waals surface area contributed by atoms with Gasteiger partial charge in [-0.15, -0.1) is 0 Å². The molecule has 0 amide bonds. The second-order valence-corrected chi connectivity index (χ2v) is 14.6. The first-order valence-electron chi connectivity index (χ1n) is 11.2. The van der Waals surface area contributed by atoms with E-state index in [-0.39, 0.29) is 11.2 Å². The molecular weight excluding hydrogens is 382 g/mol. The van der Waals surface area contributed by atoms with Gasteiger partial charge in [0.25, 0.3) is 5.56 Å². The van der Waals surface area contributed by atoms with Crippen LogP contribution in [0.2, 0.25) is 24.7 Å². The zero-order chi connectivity index (χ0) is 21.2. The molecule has 29 heavy (non-hydrogen) atoms. The highest BCUT2D eigenvalue weighted by atomic mass is 28.3. The van der Waals surface area contributed by atoms with Crippen LogP contribution in [0.5, 0.6) is 0 Å². The minimum atomic E-state index is -1.24. The van der Waals surface area contributed by atoms with Crippen LogP contribution in [0, 0.1) is 0 Å². The summed E-state index contributed by atoms with van der Waals surface area (Å²) in [5.74, 6) is 0.689. The Bertz CT molecular complexity index is 964. The van der Waals surface area contributed by atoms with Crippen molar-refractivity contribution in [3.8, 4) is 0 Å². The van der Waals surface area contributed by atoms with E-state index in [1.165, 1.54) is 40.5 Å². The molecule has 7 nitrogen and oxygen atoms in total. The molecule has 162 valence electrons. The van der Waals surface area contributed by atoms with Crippen LogP contribution in [0.3, 0.4) is 0 Å². The molecular formula is C21H37N5O2Si. The minimum Gasteiger partial charge on any atom is -0.353 e. The van der Waals surface area contributed by atoms with Crippen molar-refractivity contribution in [3.05, 3.63) is 20.8 Å². The third-order valence-corrected chi connectivity index (χ3v) is 12.1. The molecule has 0 radical (unpaired) electrons. The molecule has 1 aliphatic carbocycles. The van der Waals surface area contributed by atoms with Crippen LogP contribution in [-0.2, 0) is 20.6 Å². The summed E-state index contributed by atoms with van der Waals surface area (Å²) < 4.78 is 4.77. The fraction of sp³-hybridized carbons (Fsp3) is 0.762. The topological polar surface area (TPSA) is 73.8 Å². The molecule has 1 N–H and O–H groups in total. The lowest BCUT2D eigenvalue weighted by Crippen LogP contribution is -2.40. The minimum absolute atomic E-state index is 0.217. The van der Waals surface area contributed by atoms with Crippen LogP contribution >= 0.6 is 0 Å². The predicted octanol–water partition coefficient (Wildman–Crippen LogP) is 3.69. The number of nitrogens with one attached hydrogen (secondary N) is 1. The van der Waals surface area contributed by atoms with Crippen molar-refractivity contribution in [2.45, 2.75) is 89.6 Å². The van der Waals surface area contributed by atoms with E-state index in [0.29, 0.717) is 29.7 Å². The quantitative estimate of drug-likeness (QED) is 0.662. The van der Waals surface area contributed by atoms with Gasteiger partial charge in [0.2, 0.25) is 5.95 Å². The molecule has 0 bridgehead atoms. The van der Waals surface area contributed by atoms with Crippen LogP contribution < -0.4 is 16.6 Å². The van der Waals surface area contributed by atoms with Gasteiger partial charge in [0.05, 0.1) is 0 Å². The number of rotatable bonds is 8. The van der Waals surface area contributed by atoms with E-state index in [1.807, 2.05) is 11.6 Å². The molecule has 1 saturated carbocycles. The van der Waals surface area contributed by atoms with Gasteiger partial charge in [-0.1, -0.05) is 57.8 Å². The summed E-state index contributed by atoms with van der Waals surface area (Å²) in [4.78, 5) is 30.7. The van der Waals surface area contributed by atoms with E-state index < -0.39 is 8.07 Å². The average molecular weight is 420 g/mol. The number of hydrogen-bond acceptors (Lipinski definition) is 4. The Morgan fingerprint density at radius 2 is 1.72 bits per heavy atom. The molecule has 2 aromatic rings. The van der Waals surface area contributed by atoms with E-state index in [9.17, 15) is 9.59 Å². The molecule has 2 heterocycles. The number of anilines is 1. The third-order valence-electron chi connectivity index (χ3n) is 7.17. The molecule has 0 atom stereocenters. The smallest absolute Gasteiger partial charge is 0.332 e. The van der Waals surface area contributed by atoms with Crippen molar-refractivity contribution in [2.24, 2.45) is 14.1 Å². The lowest BCUT2D eigenvalue weighted by atomic mass is 9.96. The summed E-state index contributed by atoms with van der Waals surface area (Å²) in [5.41, 5.74) is 0.502. The number of imidazole rings is 1. The van der Waals surface area contributed by atoms with Crippen LogP contribution in [0.15, 0.2) is 9.59 Å². The number of fused-ring (bicyclic) bond motifs is 1. The predicted molar refractivity (Wildman–Crippen MR) is 123 cm³/mol. The Morgan fingerprint density at radius 1 is 1.07 bits per heavy atom. The zero-order valence-electron chi connectivity index (χ0n) is 18.8. The fourth-order valence-corrected chi connectivity index (χ4v) is 6.69. The van der Waals surface area contributed by atoms with Gasteiger partial charge < -0.3 is 9.88 Å². The van der Waals surface area contributed by atoms with E-state index in [0.717, 1.165) is 25.3 Å². The number of nitrogens with zero attached hydrogens (tertiary/aromatic N) is 4. The SMILES string of the molecule is CC[Si](C)(CC)CCCn1c(=O)c2c(nc(NC3CCCCC3)n2C)n(C)c1=O. The largest absolute Gasteiger partial charge is 0.353 e. The lowest BCUT2D eigenvalue weighted by Gasteiger charge is -2.24. The summed E-state index contributed by atoms with van der Waals surface area (Å²) in [5, 5.41) is 3.50. The normalized spacial score (nSPS) is 15.9. The molecule has 8 heteroatoms. The highest BCUT2D eigenvalue weighted by Crippen LogP contribution is 2.23. The molecule has 2 aromatic heterocycles. The van der Waals surface area contributed by atoms with Crippen LogP contribution in [-0.4, -0.2) is 32.8 Å². The second kappa shape index (κ2) is 8.89. The Balaban J connectivity index is 1.91. The van der Waals surface area contributed by atoms with Gasteiger partial charge in [0.15, 0.2) is 11.2 Å². The summed E-state index contributed by atoms with van der Waals surface area (Å²) in [7, 11) is 2.35. The fourth-order valence-electron chi connectivity index (χ4n) is 4.47. The number of hydrogen-bond donors (Lipinski definition) is 1. The van der Waals surface area contributed by atoms with Gasteiger partial charge in [-0.2, -0.15) is 4.98 Å². The maximum atomic E-state index is 13.2. The molecule has 0 unspecified atom stereocenters. The van der Waals surface area contributed by atoms with Crippen molar-refractivity contribution in [3.63, 3.8) is 0 Å². The molecule has 1 fully saturated rings. The molecule has 0 aliphatic heterocycles. The zero-order valence-corrected chi connectivity index (χ0v) is 19.8. The van der Waals surface area contributed by atoms with E-state index in [4.69, 9.17) is 0 Å². The maximum Gasteiger partial charge on any atom is 0.332 e. The van der Waals surface area contributed by atoms with Gasteiger partial charge in [-0.3, -0.25) is 13.9 Å². The summed E-state index contributed by atoms with van der Waals surface area (Å²) in [6.45, 7) is 7.44. The van der Waals surface area contributed by atoms with E-state index >= 15 is 0 Å². The molecule has 3 rings (SSSR count). The van der Waals surface area contributed by atoms with Crippen LogP contribution in [0.25, 0.3) is 11.2 Å². The average Bonchev–Trinajstić information content (AvgIpc) is 3.06. The monoisotopic (exact) mass is 419 g/mol. The number of aromatic nitrogens is 4. The highest BCUT2D eigenvalue weighted by Gasteiger charge is 2.23. The van der Waals surface area contributed by atoms with Gasteiger partial charge in [-0.25, -0.2) is 4.79 Å². The first-order valence-corrected chi connectivity index (χ1v) is 14.4. The van der Waals surface area contributed by atoms with Crippen molar-refractivity contribution < 1.29 is 0 Å². The Morgan fingerprint density at radius 3 is 2.34 bits per heavy atom.